The average molecular weight is 183 g/mol. The number of aromatic nitrogens is 2. The molecule has 13 heavy (non-hydrogen) atoms. The zero-order valence-corrected chi connectivity index (χ0v) is 7.68. The summed E-state index contributed by atoms with van der Waals surface area (Å²) in [5.74, 6) is 0. The quantitative estimate of drug-likeness (QED) is 0.594. The van der Waals surface area contributed by atoms with E-state index in [1.165, 1.54) is 6.20 Å². The van der Waals surface area contributed by atoms with Crippen molar-refractivity contribution < 1.29 is 0 Å². The molecular formula is C8H13N3O2. The van der Waals surface area contributed by atoms with Gasteiger partial charge in [-0.2, -0.15) is 0 Å². The molecule has 0 aliphatic carbocycles. The molecule has 1 heterocycles. The lowest BCUT2D eigenvalue weighted by atomic mass is 10.3. The Morgan fingerprint density at radius 2 is 2.15 bits per heavy atom. The normalized spacial score (nSPS) is 10.7. The zero-order valence-electron chi connectivity index (χ0n) is 7.68. The predicted octanol–water partition coefficient (Wildman–Crippen LogP) is -0.439. The van der Waals surface area contributed by atoms with E-state index in [0.717, 1.165) is 0 Å². The molecule has 0 aliphatic rings. The van der Waals surface area contributed by atoms with Crippen LogP contribution in [0.25, 0.3) is 0 Å². The minimum Gasteiger partial charge on any atom is -0.314 e. The van der Waals surface area contributed by atoms with Gasteiger partial charge in [0.25, 0.3) is 5.56 Å². The third-order valence-electron chi connectivity index (χ3n) is 1.60. The molecule has 1 aromatic rings. The maximum Gasteiger partial charge on any atom is 0.325 e. The van der Waals surface area contributed by atoms with Crippen LogP contribution >= 0.6 is 0 Å². The van der Waals surface area contributed by atoms with Crippen molar-refractivity contribution in [3.8, 4) is 0 Å². The lowest BCUT2D eigenvalue weighted by Crippen LogP contribution is -2.30. The van der Waals surface area contributed by atoms with Crippen molar-refractivity contribution in [2.24, 2.45) is 0 Å². The van der Waals surface area contributed by atoms with Gasteiger partial charge in [0.05, 0.1) is 0 Å². The fourth-order valence-corrected chi connectivity index (χ4v) is 0.883. The highest BCUT2D eigenvalue weighted by molar-refractivity contribution is 5.02. The molecule has 0 spiro atoms. The van der Waals surface area contributed by atoms with Gasteiger partial charge < -0.3 is 10.3 Å². The summed E-state index contributed by atoms with van der Waals surface area (Å²) in [6.45, 7) is 4.43. The summed E-state index contributed by atoms with van der Waals surface area (Å²) in [4.78, 5) is 26.4. The molecule has 72 valence electrons. The van der Waals surface area contributed by atoms with Gasteiger partial charge in [0.1, 0.15) is 0 Å². The topological polar surface area (TPSA) is 77.8 Å². The maximum absolute atomic E-state index is 11.1. The van der Waals surface area contributed by atoms with Crippen LogP contribution in [0.5, 0.6) is 0 Å². The second-order valence-corrected chi connectivity index (χ2v) is 3.13. The van der Waals surface area contributed by atoms with Crippen molar-refractivity contribution in [2.75, 3.05) is 0 Å². The third-order valence-corrected chi connectivity index (χ3v) is 1.60. The third kappa shape index (κ3) is 2.87. The molecule has 0 amide bonds. The summed E-state index contributed by atoms with van der Waals surface area (Å²) in [6, 6.07) is 0.311. The number of aromatic amines is 2. The van der Waals surface area contributed by atoms with Crippen molar-refractivity contribution in [1.82, 2.24) is 15.3 Å². The lowest BCUT2D eigenvalue weighted by molar-refractivity contribution is 0.584. The molecule has 5 nitrogen and oxygen atoms in total. The van der Waals surface area contributed by atoms with E-state index in [9.17, 15) is 9.59 Å². The number of rotatable bonds is 3. The highest BCUT2D eigenvalue weighted by Gasteiger charge is 2.00. The smallest absolute Gasteiger partial charge is 0.314 e. The Morgan fingerprint density at radius 3 is 2.69 bits per heavy atom. The Balaban J connectivity index is 2.79. The van der Waals surface area contributed by atoms with E-state index >= 15 is 0 Å². The zero-order chi connectivity index (χ0) is 9.84. The first-order valence-electron chi connectivity index (χ1n) is 4.14. The molecule has 0 aromatic carbocycles. The summed E-state index contributed by atoms with van der Waals surface area (Å²) in [5.41, 5.74) is -0.275. The van der Waals surface area contributed by atoms with Crippen molar-refractivity contribution >= 4 is 0 Å². The van der Waals surface area contributed by atoms with E-state index in [1.807, 2.05) is 13.8 Å². The van der Waals surface area contributed by atoms with Crippen LogP contribution in [0, 0.1) is 0 Å². The molecule has 0 aliphatic heterocycles. The van der Waals surface area contributed by atoms with Crippen molar-refractivity contribution in [3.63, 3.8) is 0 Å². The highest BCUT2D eigenvalue weighted by Crippen LogP contribution is 1.85. The Hall–Kier alpha value is -1.36. The van der Waals surface area contributed by atoms with E-state index < -0.39 is 5.69 Å². The highest BCUT2D eigenvalue weighted by atomic mass is 16.2. The van der Waals surface area contributed by atoms with Gasteiger partial charge in [-0.05, 0) is 0 Å². The van der Waals surface area contributed by atoms with Gasteiger partial charge in [0.2, 0.25) is 0 Å². The van der Waals surface area contributed by atoms with E-state index in [4.69, 9.17) is 0 Å². The van der Waals surface area contributed by atoms with Gasteiger partial charge in [-0.3, -0.25) is 9.78 Å². The van der Waals surface area contributed by atoms with Crippen LogP contribution < -0.4 is 16.6 Å². The SMILES string of the molecule is CC(C)NCc1c[nH]c(=O)[nH]c1=O. The van der Waals surface area contributed by atoms with Gasteiger partial charge in [-0.25, -0.2) is 4.79 Å². The molecule has 0 radical (unpaired) electrons. The van der Waals surface area contributed by atoms with Gasteiger partial charge in [-0.15, -0.1) is 0 Å². The molecule has 0 saturated heterocycles. The summed E-state index contributed by atoms with van der Waals surface area (Å²) in [6.07, 6.45) is 1.43. The summed E-state index contributed by atoms with van der Waals surface area (Å²) in [7, 11) is 0. The maximum atomic E-state index is 11.1. The Morgan fingerprint density at radius 1 is 1.46 bits per heavy atom. The molecule has 1 aromatic heterocycles. The predicted molar refractivity (Wildman–Crippen MR) is 49.7 cm³/mol. The Labute approximate surface area is 75.2 Å². The summed E-state index contributed by atoms with van der Waals surface area (Å²) >= 11 is 0. The van der Waals surface area contributed by atoms with Crippen LogP contribution in [0.3, 0.4) is 0 Å². The molecule has 1 rings (SSSR count). The monoisotopic (exact) mass is 183 g/mol. The van der Waals surface area contributed by atoms with Crippen LogP contribution in [-0.2, 0) is 6.54 Å². The first-order chi connectivity index (χ1) is 6.09. The number of H-pyrrole nitrogens is 2. The largest absolute Gasteiger partial charge is 0.325 e. The lowest BCUT2D eigenvalue weighted by Gasteiger charge is -2.06. The van der Waals surface area contributed by atoms with Gasteiger partial charge in [-0.1, -0.05) is 13.8 Å². The van der Waals surface area contributed by atoms with Crippen LogP contribution in [0.15, 0.2) is 15.8 Å². The number of hydrogen-bond donors (Lipinski definition) is 3. The number of nitrogens with one attached hydrogen (secondary N) is 3. The van der Waals surface area contributed by atoms with Crippen molar-refractivity contribution in [2.45, 2.75) is 26.4 Å². The fourth-order valence-electron chi connectivity index (χ4n) is 0.883. The van der Waals surface area contributed by atoms with Crippen molar-refractivity contribution in [3.05, 3.63) is 32.6 Å². The number of hydrogen-bond acceptors (Lipinski definition) is 3. The van der Waals surface area contributed by atoms with Crippen LogP contribution in [0.1, 0.15) is 19.4 Å². The van der Waals surface area contributed by atoms with Crippen molar-refractivity contribution in [1.29, 1.82) is 0 Å². The fraction of sp³-hybridized carbons (Fsp3) is 0.500. The van der Waals surface area contributed by atoms with E-state index in [2.05, 4.69) is 15.3 Å². The molecule has 0 saturated carbocycles. The molecule has 3 N–H and O–H groups in total. The van der Waals surface area contributed by atoms with Gasteiger partial charge >= 0.3 is 5.69 Å². The molecule has 5 heteroatoms. The van der Waals surface area contributed by atoms with Crippen LogP contribution in [0.4, 0.5) is 0 Å². The van der Waals surface area contributed by atoms with E-state index in [0.29, 0.717) is 18.2 Å². The second kappa shape index (κ2) is 4.04. The average Bonchev–Trinajstić information content (AvgIpc) is 2.02. The first-order valence-corrected chi connectivity index (χ1v) is 4.14. The molecule has 0 bridgehead atoms. The van der Waals surface area contributed by atoms with Crippen LogP contribution in [0.2, 0.25) is 0 Å². The second-order valence-electron chi connectivity index (χ2n) is 3.13. The summed E-state index contributed by atoms with van der Waals surface area (Å²) < 4.78 is 0. The Bertz CT molecular complexity index is 377. The van der Waals surface area contributed by atoms with Gasteiger partial charge in [0.15, 0.2) is 0 Å². The summed E-state index contributed by atoms with van der Waals surface area (Å²) in [5, 5.41) is 3.08. The Kier molecular flexibility index (Phi) is 3.02. The first kappa shape index (κ1) is 9.73. The minimum atomic E-state index is -0.474. The molecular weight excluding hydrogens is 170 g/mol. The minimum absolute atomic E-state index is 0.311. The van der Waals surface area contributed by atoms with E-state index in [1.54, 1.807) is 0 Å². The standard InChI is InChI=1S/C8H13N3O2/c1-5(2)9-3-6-4-10-8(13)11-7(6)12/h4-5,9H,3H2,1-2H3,(H2,10,11,12,13). The van der Waals surface area contributed by atoms with Crippen LogP contribution in [-0.4, -0.2) is 16.0 Å². The van der Waals surface area contributed by atoms with Gasteiger partial charge in [0, 0.05) is 24.3 Å². The van der Waals surface area contributed by atoms with E-state index in [-0.39, 0.29) is 5.56 Å². The molecule has 0 fully saturated rings. The molecule has 0 unspecified atom stereocenters. The molecule has 0 atom stereocenters.